The Morgan fingerprint density at radius 3 is 1.38 bits per heavy atom. The number of allylic oxidation sites excluding steroid dienone is 4. The molecule has 0 amide bonds. The number of rotatable bonds is 4. The highest BCUT2D eigenvalue weighted by molar-refractivity contribution is 5.80. The summed E-state index contributed by atoms with van der Waals surface area (Å²) in [5.74, 6) is 0.836. The van der Waals surface area contributed by atoms with Crippen molar-refractivity contribution in [2.75, 3.05) is 0 Å². The maximum Gasteiger partial charge on any atom is 0.322 e. The predicted octanol–water partition coefficient (Wildman–Crippen LogP) is 10.3. The van der Waals surface area contributed by atoms with E-state index < -0.39 is 0 Å². The van der Waals surface area contributed by atoms with E-state index in [1.807, 2.05) is 0 Å². The van der Waals surface area contributed by atoms with Crippen LogP contribution in [0.4, 0.5) is 0 Å². The van der Waals surface area contributed by atoms with Crippen molar-refractivity contribution in [3.8, 4) is 0 Å². The smallest absolute Gasteiger partial charge is 0.322 e. The van der Waals surface area contributed by atoms with Gasteiger partial charge in [0, 0.05) is 6.42 Å². The van der Waals surface area contributed by atoms with Gasteiger partial charge in [0.05, 0.1) is 5.92 Å². The lowest BCUT2D eigenvalue weighted by atomic mass is 9.82. The molecule has 0 aromatic rings. The average Bonchev–Trinajstić information content (AvgIpc) is 2.86. The van der Waals surface area contributed by atoms with Crippen LogP contribution in [0.1, 0.15) is 154 Å². The van der Waals surface area contributed by atoms with Gasteiger partial charge in [-0.2, -0.15) is 0 Å². The molecule has 0 bridgehead atoms. The third-order valence-corrected chi connectivity index (χ3v) is 8.11. The standard InChI is InChI=1S/C32H52O2/c33-32(34-30-26-20-14-8-3-9-15-21-27-30)31(28-22-16-10-4-1-5-11-17-23-28)29-24-18-12-6-2-7-13-19-25-29/h22,24,26,31H,1-21,23,25,27H2/b28-22+,29-24+,30-26+. The molecule has 2 heteroatoms. The van der Waals surface area contributed by atoms with Crippen LogP contribution in [-0.2, 0) is 9.53 Å². The van der Waals surface area contributed by atoms with E-state index in [0.29, 0.717) is 0 Å². The lowest BCUT2D eigenvalue weighted by Crippen LogP contribution is -2.23. The van der Waals surface area contributed by atoms with Crippen LogP contribution in [0.5, 0.6) is 0 Å². The van der Waals surface area contributed by atoms with Crippen LogP contribution in [-0.4, -0.2) is 5.97 Å². The van der Waals surface area contributed by atoms with E-state index in [9.17, 15) is 4.79 Å². The molecule has 0 aliphatic heterocycles. The molecule has 3 aliphatic rings. The van der Waals surface area contributed by atoms with Gasteiger partial charge in [-0.1, -0.05) is 100 Å². The summed E-state index contributed by atoms with van der Waals surface area (Å²) in [6.45, 7) is 0. The van der Waals surface area contributed by atoms with Crippen LogP contribution in [0.2, 0.25) is 0 Å². The van der Waals surface area contributed by atoms with Gasteiger partial charge in [0.2, 0.25) is 0 Å². The highest BCUT2D eigenvalue weighted by atomic mass is 16.5. The Kier molecular flexibility index (Phi) is 13.8. The van der Waals surface area contributed by atoms with Crippen molar-refractivity contribution < 1.29 is 9.53 Å². The number of hydrogen-bond donors (Lipinski definition) is 0. The SMILES string of the molecule is O=C(O/C1=C/CCCCCCCC1)C(/C1=C/CCCCCCCC1)/C1=C/CCCCCCCC1. The minimum Gasteiger partial charge on any atom is -0.431 e. The number of carbonyl (C=O) groups excluding carboxylic acids is 1. The molecule has 0 radical (unpaired) electrons. The van der Waals surface area contributed by atoms with Crippen molar-refractivity contribution in [2.24, 2.45) is 5.92 Å². The fourth-order valence-corrected chi connectivity index (χ4v) is 6.00. The van der Waals surface area contributed by atoms with Crippen molar-refractivity contribution in [3.05, 3.63) is 35.1 Å². The Bertz CT molecular complexity index is 634. The van der Waals surface area contributed by atoms with Gasteiger partial charge in [0.15, 0.2) is 0 Å². The summed E-state index contributed by atoms with van der Waals surface area (Å²) < 4.78 is 6.29. The van der Waals surface area contributed by atoms with Gasteiger partial charge < -0.3 is 4.74 Å². The van der Waals surface area contributed by atoms with E-state index in [1.54, 1.807) is 0 Å². The van der Waals surface area contributed by atoms with Crippen molar-refractivity contribution in [1.29, 1.82) is 0 Å². The van der Waals surface area contributed by atoms with Crippen molar-refractivity contribution in [3.63, 3.8) is 0 Å². The molecule has 0 spiro atoms. The van der Waals surface area contributed by atoms with Gasteiger partial charge in [0.1, 0.15) is 5.76 Å². The largest absolute Gasteiger partial charge is 0.431 e. The van der Waals surface area contributed by atoms with Gasteiger partial charge in [-0.25, -0.2) is 0 Å². The third kappa shape index (κ3) is 10.5. The van der Waals surface area contributed by atoms with E-state index >= 15 is 0 Å². The van der Waals surface area contributed by atoms with Crippen molar-refractivity contribution in [2.45, 2.75) is 154 Å². The Labute approximate surface area is 210 Å². The zero-order valence-corrected chi connectivity index (χ0v) is 22.1. The van der Waals surface area contributed by atoms with Crippen LogP contribution >= 0.6 is 0 Å². The fraction of sp³-hybridized carbons (Fsp3) is 0.781. The molecule has 3 rings (SSSR count). The second-order valence-corrected chi connectivity index (χ2v) is 11.1. The summed E-state index contributed by atoms with van der Waals surface area (Å²) >= 11 is 0. The van der Waals surface area contributed by atoms with E-state index in [0.717, 1.165) is 50.7 Å². The predicted molar refractivity (Wildman–Crippen MR) is 145 cm³/mol. The first kappa shape index (κ1) is 27.3. The summed E-state index contributed by atoms with van der Waals surface area (Å²) in [5.41, 5.74) is 2.74. The third-order valence-electron chi connectivity index (χ3n) is 8.11. The molecule has 0 unspecified atom stereocenters. The van der Waals surface area contributed by atoms with Gasteiger partial charge in [-0.3, -0.25) is 4.79 Å². The highest BCUT2D eigenvalue weighted by Crippen LogP contribution is 2.34. The Morgan fingerprint density at radius 1 is 0.500 bits per heavy atom. The maximum absolute atomic E-state index is 13.9. The Balaban J connectivity index is 1.82. The lowest BCUT2D eigenvalue weighted by Gasteiger charge is -2.25. The number of hydrogen-bond acceptors (Lipinski definition) is 2. The van der Waals surface area contributed by atoms with Crippen LogP contribution in [0.25, 0.3) is 0 Å². The minimum absolute atomic E-state index is 0.0231. The van der Waals surface area contributed by atoms with Gasteiger partial charge in [-0.05, 0) is 76.7 Å². The molecule has 0 fully saturated rings. The van der Waals surface area contributed by atoms with E-state index in [-0.39, 0.29) is 11.9 Å². The van der Waals surface area contributed by atoms with Crippen LogP contribution in [0, 0.1) is 5.92 Å². The summed E-state index contributed by atoms with van der Waals surface area (Å²) in [6, 6.07) is 0. The second-order valence-electron chi connectivity index (χ2n) is 11.1. The zero-order chi connectivity index (χ0) is 23.7. The minimum atomic E-state index is -0.143. The number of carbonyl (C=O) groups is 1. The molecule has 0 aromatic heterocycles. The quantitative estimate of drug-likeness (QED) is 0.303. The highest BCUT2D eigenvalue weighted by Gasteiger charge is 2.29. The molecule has 0 atom stereocenters. The monoisotopic (exact) mass is 468 g/mol. The fourth-order valence-electron chi connectivity index (χ4n) is 6.00. The van der Waals surface area contributed by atoms with E-state index in [1.165, 1.54) is 120 Å². The first-order valence-electron chi connectivity index (χ1n) is 15.1. The lowest BCUT2D eigenvalue weighted by molar-refractivity contribution is -0.142. The molecule has 2 nitrogen and oxygen atoms in total. The zero-order valence-electron chi connectivity index (χ0n) is 22.1. The second kappa shape index (κ2) is 17.2. The molecule has 0 saturated heterocycles. The first-order valence-corrected chi connectivity index (χ1v) is 15.1. The summed E-state index contributed by atoms with van der Waals surface area (Å²) in [6.07, 6.45) is 36.7. The molecule has 3 aliphatic carbocycles. The topological polar surface area (TPSA) is 26.3 Å². The van der Waals surface area contributed by atoms with Crippen molar-refractivity contribution in [1.82, 2.24) is 0 Å². The molecule has 0 N–H and O–H groups in total. The summed E-state index contributed by atoms with van der Waals surface area (Å²) in [4.78, 5) is 13.9. The molecular weight excluding hydrogens is 416 g/mol. The number of esters is 1. The molecule has 0 heterocycles. The first-order chi connectivity index (χ1) is 16.8. The van der Waals surface area contributed by atoms with E-state index in [4.69, 9.17) is 4.74 Å². The van der Waals surface area contributed by atoms with Gasteiger partial charge in [0.25, 0.3) is 0 Å². The summed E-state index contributed by atoms with van der Waals surface area (Å²) in [7, 11) is 0. The molecule has 34 heavy (non-hydrogen) atoms. The maximum atomic E-state index is 13.9. The average molecular weight is 469 g/mol. The van der Waals surface area contributed by atoms with Crippen LogP contribution < -0.4 is 0 Å². The van der Waals surface area contributed by atoms with Gasteiger partial charge in [-0.15, -0.1) is 0 Å². The molecular formula is C32H52O2. The molecule has 0 aromatic carbocycles. The normalized spacial score (nSPS) is 27.7. The van der Waals surface area contributed by atoms with Gasteiger partial charge >= 0.3 is 5.97 Å². The van der Waals surface area contributed by atoms with Crippen LogP contribution in [0.3, 0.4) is 0 Å². The number of ether oxygens (including phenoxy) is 1. The van der Waals surface area contributed by atoms with Crippen LogP contribution in [0.15, 0.2) is 35.1 Å². The molecule has 0 saturated carbocycles. The molecule has 192 valence electrons. The van der Waals surface area contributed by atoms with E-state index in [2.05, 4.69) is 18.2 Å². The van der Waals surface area contributed by atoms with Crippen molar-refractivity contribution >= 4 is 5.97 Å². The summed E-state index contributed by atoms with van der Waals surface area (Å²) in [5, 5.41) is 0. The Hall–Kier alpha value is -1.31. The Morgan fingerprint density at radius 2 is 0.882 bits per heavy atom.